The van der Waals surface area contributed by atoms with Crippen molar-refractivity contribution in [3.63, 3.8) is 0 Å². The summed E-state index contributed by atoms with van der Waals surface area (Å²) in [5.74, 6) is 0.677. The van der Waals surface area contributed by atoms with Gasteiger partial charge in [-0.25, -0.2) is 4.98 Å². The van der Waals surface area contributed by atoms with Gasteiger partial charge in [0.05, 0.1) is 28.9 Å². The second kappa shape index (κ2) is 8.88. The first-order valence-corrected chi connectivity index (χ1v) is 11.2. The van der Waals surface area contributed by atoms with Crippen LogP contribution in [0, 0.1) is 0 Å². The summed E-state index contributed by atoms with van der Waals surface area (Å²) in [7, 11) is 3.99. The number of carbonyl (C=O) groups excluding carboxylic acids is 1. The fourth-order valence-electron chi connectivity index (χ4n) is 4.03. The minimum atomic E-state index is -0.102. The van der Waals surface area contributed by atoms with E-state index in [4.69, 9.17) is 11.6 Å². The average molecular weight is 462 g/mol. The molecule has 0 N–H and O–H groups in total. The Bertz CT molecular complexity index is 1330. The van der Waals surface area contributed by atoms with E-state index in [1.54, 1.807) is 16.9 Å². The molecule has 0 bridgehead atoms. The molecule has 5 rings (SSSR count). The van der Waals surface area contributed by atoms with Crippen LogP contribution in [0.3, 0.4) is 0 Å². The van der Waals surface area contributed by atoms with Gasteiger partial charge in [-0.2, -0.15) is 15.3 Å². The average Bonchev–Trinajstić information content (AvgIpc) is 3.26. The highest BCUT2D eigenvalue weighted by molar-refractivity contribution is 6.34. The van der Waals surface area contributed by atoms with E-state index >= 15 is 0 Å². The molecule has 0 saturated carbocycles. The lowest BCUT2D eigenvalue weighted by Crippen LogP contribution is -2.44. The van der Waals surface area contributed by atoms with Gasteiger partial charge in [0, 0.05) is 62.1 Å². The lowest BCUT2D eigenvalue weighted by atomic mass is 10.0. The third kappa shape index (κ3) is 4.58. The molecule has 3 aromatic heterocycles. The standard InChI is InChI=1S/C24H24ClN7O/c1-30-5-7-32(8-6-30)24-12-20(21(25)14-26-24)23(33)11-19-10-17-9-16(3-4-22(17)29-28-19)18-13-27-31(2)15-18/h3-4,9-10,12-15H,5-8,11H2,1-2H3. The van der Waals surface area contributed by atoms with Gasteiger partial charge in [-0.15, -0.1) is 0 Å². The minimum Gasteiger partial charge on any atom is -0.354 e. The third-order valence-electron chi connectivity index (χ3n) is 5.98. The maximum absolute atomic E-state index is 13.1. The molecule has 1 saturated heterocycles. The zero-order chi connectivity index (χ0) is 22.9. The number of nitrogens with zero attached hydrogens (tertiary/aromatic N) is 7. The number of piperazine rings is 1. The predicted molar refractivity (Wildman–Crippen MR) is 129 cm³/mol. The van der Waals surface area contributed by atoms with Gasteiger partial charge < -0.3 is 9.80 Å². The van der Waals surface area contributed by atoms with Gasteiger partial charge >= 0.3 is 0 Å². The van der Waals surface area contributed by atoms with Crippen molar-refractivity contribution in [2.24, 2.45) is 7.05 Å². The number of Topliss-reactive ketones (excluding diaryl/α,β-unsaturated/α-hetero) is 1. The van der Waals surface area contributed by atoms with Crippen molar-refractivity contribution in [1.29, 1.82) is 0 Å². The molecule has 1 aromatic carbocycles. The van der Waals surface area contributed by atoms with Gasteiger partial charge in [0.15, 0.2) is 5.78 Å². The Morgan fingerprint density at radius 1 is 1.00 bits per heavy atom. The summed E-state index contributed by atoms with van der Waals surface area (Å²) in [5, 5.41) is 14.1. The highest BCUT2D eigenvalue weighted by Gasteiger charge is 2.19. The van der Waals surface area contributed by atoms with Crippen molar-refractivity contribution in [2.45, 2.75) is 6.42 Å². The number of likely N-dealkylation sites (N-methyl/N-ethyl adjacent to an activating group) is 1. The molecule has 9 heteroatoms. The van der Waals surface area contributed by atoms with Gasteiger partial charge in [0.25, 0.3) is 0 Å². The Labute approximate surface area is 196 Å². The van der Waals surface area contributed by atoms with Crippen LogP contribution in [0.4, 0.5) is 5.82 Å². The topological polar surface area (TPSA) is 80.0 Å². The van der Waals surface area contributed by atoms with Gasteiger partial charge in [-0.3, -0.25) is 9.48 Å². The van der Waals surface area contributed by atoms with Crippen molar-refractivity contribution in [2.75, 3.05) is 38.1 Å². The predicted octanol–water partition coefficient (Wildman–Crippen LogP) is 3.26. The highest BCUT2D eigenvalue weighted by atomic mass is 35.5. The number of fused-ring (bicyclic) bond motifs is 1. The Hall–Kier alpha value is -3.36. The molecule has 0 atom stereocenters. The zero-order valence-electron chi connectivity index (χ0n) is 18.6. The first-order chi connectivity index (χ1) is 16.0. The molecule has 4 aromatic rings. The van der Waals surface area contributed by atoms with Crippen LogP contribution in [0.5, 0.6) is 0 Å². The van der Waals surface area contributed by atoms with Gasteiger partial charge in [0.1, 0.15) is 5.82 Å². The molecule has 1 aliphatic heterocycles. The van der Waals surface area contributed by atoms with Gasteiger partial charge in [-0.05, 0) is 36.9 Å². The van der Waals surface area contributed by atoms with Gasteiger partial charge in [-0.1, -0.05) is 17.7 Å². The lowest BCUT2D eigenvalue weighted by Gasteiger charge is -2.33. The van der Waals surface area contributed by atoms with E-state index in [2.05, 4.69) is 37.1 Å². The maximum atomic E-state index is 13.1. The van der Waals surface area contributed by atoms with Crippen LogP contribution in [0.25, 0.3) is 22.0 Å². The normalized spacial score (nSPS) is 14.7. The van der Waals surface area contributed by atoms with E-state index in [1.807, 2.05) is 43.7 Å². The Balaban J connectivity index is 1.39. The summed E-state index contributed by atoms with van der Waals surface area (Å²) in [6, 6.07) is 9.68. The molecule has 0 radical (unpaired) electrons. The molecule has 1 fully saturated rings. The summed E-state index contributed by atoms with van der Waals surface area (Å²) in [6.45, 7) is 3.66. The number of anilines is 1. The summed E-state index contributed by atoms with van der Waals surface area (Å²) in [5.41, 5.74) is 3.90. The molecule has 8 nitrogen and oxygen atoms in total. The number of pyridine rings is 1. The Morgan fingerprint density at radius 3 is 2.58 bits per heavy atom. The van der Waals surface area contributed by atoms with Crippen LogP contribution in [-0.4, -0.2) is 68.9 Å². The smallest absolute Gasteiger partial charge is 0.170 e. The molecular formula is C24H24ClN7O. The summed E-state index contributed by atoms with van der Waals surface area (Å²) in [4.78, 5) is 22.0. The molecule has 0 spiro atoms. The number of hydrogen-bond donors (Lipinski definition) is 0. The quantitative estimate of drug-likeness (QED) is 0.422. The number of benzene rings is 1. The lowest BCUT2D eigenvalue weighted by molar-refractivity contribution is 0.0992. The zero-order valence-corrected chi connectivity index (χ0v) is 19.3. The van der Waals surface area contributed by atoms with E-state index in [0.717, 1.165) is 54.0 Å². The number of hydrogen-bond acceptors (Lipinski definition) is 7. The highest BCUT2D eigenvalue weighted by Crippen LogP contribution is 2.25. The SMILES string of the molecule is CN1CCN(c2cc(C(=O)Cc3cc4cc(-c5cnn(C)c5)ccc4nn3)c(Cl)cn2)CC1. The molecule has 0 amide bonds. The van der Waals surface area contributed by atoms with Crippen molar-refractivity contribution >= 4 is 34.1 Å². The molecule has 4 heterocycles. The van der Waals surface area contributed by atoms with E-state index in [1.165, 1.54) is 0 Å². The third-order valence-corrected chi connectivity index (χ3v) is 6.29. The van der Waals surface area contributed by atoms with Crippen LogP contribution in [0.15, 0.2) is 48.9 Å². The fourth-order valence-corrected chi connectivity index (χ4v) is 4.24. The first-order valence-electron chi connectivity index (χ1n) is 10.8. The molecule has 1 aliphatic rings. The number of aryl methyl sites for hydroxylation is 1. The molecule has 33 heavy (non-hydrogen) atoms. The number of aromatic nitrogens is 5. The van der Waals surface area contributed by atoms with Gasteiger partial charge in [0.2, 0.25) is 0 Å². The van der Waals surface area contributed by atoms with E-state index in [-0.39, 0.29) is 12.2 Å². The van der Waals surface area contributed by atoms with E-state index in [0.29, 0.717) is 16.3 Å². The van der Waals surface area contributed by atoms with Crippen LogP contribution in [0.2, 0.25) is 5.02 Å². The van der Waals surface area contributed by atoms with Crippen LogP contribution < -0.4 is 4.90 Å². The van der Waals surface area contributed by atoms with Crippen LogP contribution in [-0.2, 0) is 13.5 Å². The van der Waals surface area contributed by atoms with E-state index in [9.17, 15) is 4.79 Å². The van der Waals surface area contributed by atoms with Crippen molar-refractivity contribution in [3.05, 3.63) is 65.2 Å². The van der Waals surface area contributed by atoms with E-state index < -0.39 is 0 Å². The van der Waals surface area contributed by atoms with Crippen LogP contribution >= 0.6 is 11.6 Å². The Morgan fingerprint density at radius 2 is 1.82 bits per heavy atom. The van der Waals surface area contributed by atoms with Crippen molar-refractivity contribution in [3.8, 4) is 11.1 Å². The number of rotatable bonds is 5. The van der Waals surface area contributed by atoms with Crippen molar-refractivity contribution < 1.29 is 4.79 Å². The number of halogens is 1. The minimum absolute atomic E-state index is 0.102. The molecule has 0 unspecified atom stereocenters. The maximum Gasteiger partial charge on any atom is 0.170 e. The number of carbonyl (C=O) groups is 1. The Kier molecular flexibility index (Phi) is 5.78. The van der Waals surface area contributed by atoms with Crippen molar-refractivity contribution in [1.82, 2.24) is 29.9 Å². The molecule has 168 valence electrons. The summed E-state index contributed by atoms with van der Waals surface area (Å²) in [6.07, 6.45) is 5.47. The molecular weight excluding hydrogens is 438 g/mol. The second-order valence-electron chi connectivity index (χ2n) is 8.42. The number of ketones is 1. The summed E-state index contributed by atoms with van der Waals surface area (Å²) >= 11 is 6.35. The second-order valence-corrected chi connectivity index (χ2v) is 8.83. The summed E-state index contributed by atoms with van der Waals surface area (Å²) < 4.78 is 1.77. The monoisotopic (exact) mass is 461 g/mol. The largest absolute Gasteiger partial charge is 0.354 e. The van der Waals surface area contributed by atoms with Crippen LogP contribution in [0.1, 0.15) is 16.1 Å². The first kappa shape index (κ1) is 21.5. The fraction of sp³-hybridized carbons (Fsp3) is 0.292. The molecule has 0 aliphatic carbocycles.